The van der Waals surface area contributed by atoms with Crippen LogP contribution in [0.2, 0.25) is 0 Å². The van der Waals surface area contributed by atoms with E-state index in [2.05, 4.69) is 13.2 Å². The van der Waals surface area contributed by atoms with Crippen molar-refractivity contribution in [2.24, 2.45) is 5.73 Å². The second-order valence-corrected chi connectivity index (χ2v) is 2.96. The molecule has 2 N–H and O–H groups in total. The lowest BCUT2D eigenvalue weighted by molar-refractivity contribution is 0.153. The Hall–Kier alpha value is -1.37. The summed E-state index contributed by atoms with van der Waals surface area (Å²) in [7, 11) is 0. The van der Waals surface area contributed by atoms with Crippen molar-refractivity contribution in [2.45, 2.75) is 13.0 Å². The van der Waals surface area contributed by atoms with E-state index < -0.39 is 6.04 Å². The van der Waals surface area contributed by atoms with Gasteiger partial charge in [0.25, 0.3) is 0 Å². The average molecular weight is 192 g/mol. The molecule has 0 aliphatic heterocycles. The number of hydrogen-bond acceptors (Lipinski definition) is 3. The molecular formula is C11H16N2O. The Labute approximate surface area is 85.2 Å². The molecule has 1 atom stereocenters. The molecule has 0 bridgehead atoms. The number of nitrogens with zero attached hydrogens (tertiary/aromatic N) is 1. The van der Waals surface area contributed by atoms with Gasteiger partial charge in [0.05, 0.1) is 19.3 Å². The number of allylic oxidation sites excluding steroid dienone is 2. The average Bonchev–Trinajstić information content (AvgIpc) is 2.16. The van der Waals surface area contributed by atoms with E-state index in [1.54, 1.807) is 6.08 Å². The lowest BCUT2D eigenvalue weighted by Crippen LogP contribution is -2.24. The number of nitrogens with two attached hydrogens (primary N) is 1. The zero-order chi connectivity index (χ0) is 11.0. The zero-order valence-electron chi connectivity index (χ0n) is 8.49. The molecule has 0 saturated carbocycles. The largest absolute Gasteiger partial charge is 0.374 e. The lowest BCUT2D eigenvalue weighted by atomic mass is 10.1. The molecule has 0 aromatic rings. The van der Waals surface area contributed by atoms with Gasteiger partial charge >= 0.3 is 0 Å². The topological polar surface area (TPSA) is 59.0 Å². The quantitative estimate of drug-likeness (QED) is 0.649. The fourth-order valence-electron chi connectivity index (χ4n) is 0.789. The first-order chi connectivity index (χ1) is 6.61. The second kappa shape index (κ2) is 7.07. The van der Waals surface area contributed by atoms with Crippen molar-refractivity contribution in [1.82, 2.24) is 0 Å². The van der Waals surface area contributed by atoms with E-state index in [-0.39, 0.29) is 6.61 Å². The van der Waals surface area contributed by atoms with Gasteiger partial charge in [0, 0.05) is 0 Å². The van der Waals surface area contributed by atoms with Crippen LogP contribution in [0.5, 0.6) is 0 Å². The molecule has 14 heavy (non-hydrogen) atoms. The van der Waals surface area contributed by atoms with Crippen LogP contribution in [0.4, 0.5) is 0 Å². The first-order valence-electron chi connectivity index (χ1n) is 4.32. The molecule has 0 aromatic carbocycles. The molecule has 0 heterocycles. The molecule has 0 saturated heterocycles. The summed E-state index contributed by atoms with van der Waals surface area (Å²) in [5.41, 5.74) is 7.25. The van der Waals surface area contributed by atoms with Crippen LogP contribution >= 0.6 is 0 Å². The van der Waals surface area contributed by atoms with Crippen molar-refractivity contribution >= 4 is 0 Å². The van der Waals surface area contributed by atoms with E-state index in [1.807, 2.05) is 19.1 Å². The third kappa shape index (κ3) is 5.31. The maximum atomic E-state index is 8.41. The van der Waals surface area contributed by atoms with E-state index in [0.29, 0.717) is 6.61 Å². The molecule has 0 rings (SSSR count). The molecule has 0 spiro atoms. The van der Waals surface area contributed by atoms with Gasteiger partial charge in [0.2, 0.25) is 0 Å². The van der Waals surface area contributed by atoms with Gasteiger partial charge in [-0.1, -0.05) is 30.9 Å². The Morgan fingerprint density at radius 3 is 2.79 bits per heavy atom. The highest BCUT2D eigenvalue weighted by atomic mass is 16.5. The SMILES string of the molecule is C=C/C=C(/COCC(N)C#N)C(=C)C. The van der Waals surface area contributed by atoms with Crippen molar-refractivity contribution in [3.05, 3.63) is 36.5 Å². The zero-order valence-corrected chi connectivity index (χ0v) is 8.49. The van der Waals surface area contributed by atoms with Crippen molar-refractivity contribution in [3.8, 4) is 6.07 Å². The first-order valence-corrected chi connectivity index (χ1v) is 4.32. The van der Waals surface area contributed by atoms with E-state index in [4.69, 9.17) is 15.7 Å². The minimum atomic E-state index is -0.565. The van der Waals surface area contributed by atoms with Crippen LogP contribution in [0.3, 0.4) is 0 Å². The van der Waals surface area contributed by atoms with Crippen LogP contribution in [0.25, 0.3) is 0 Å². The standard InChI is InChI=1S/C11H16N2O/c1-4-5-10(9(2)3)7-14-8-11(13)6-12/h4-5,11H,1-2,7-8,13H2,3H3/b10-5-. The van der Waals surface area contributed by atoms with Gasteiger partial charge in [0.15, 0.2) is 0 Å². The summed E-state index contributed by atoms with van der Waals surface area (Å²) in [5, 5.41) is 8.41. The summed E-state index contributed by atoms with van der Waals surface area (Å²) in [6, 6.07) is 1.33. The number of ether oxygens (including phenoxy) is 1. The summed E-state index contributed by atoms with van der Waals surface area (Å²) in [4.78, 5) is 0. The monoisotopic (exact) mass is 192 g/mol. The highest BCUT2D eigenvalue weighted by Gasteiger charge is 2.01. The van der Waals surface area contributed by atoms with Crippen LogP contribution in [0, 0.1) is 11.3 Å². The van der Waals surface area contributed by atoms with Crippen molar-refractivity contribution in [1.29, 1.82) is 5.26 Å². The molecule has 0 amide bonds. The highest BCUT2D eigenvalue weighted by Crippen LogP contribution is 2.07. The third-order valence-electron chi connectivity index (χ3n) is 1.59. The predicted molar refractivity (Wildman–Crippen MR) is 57.5 cm³/mol. The Balaban J connectivity index is 3.98. The normalized spacial score (nSPS) is 13.1. The van der Waals surface area contributed by atoms with Crippen molar-refractivity contribution in [2.75, 3.05) is 13.2 Å². The van der Waals surface area contributed by atoms with Gasteiger partial charge in [0.1, 0.15) is 6.04 Å². The molecule has 1 unspecified atom stereocenters. The Bertz CT molecular complexity index is 274. The van der Waals surface area contributed by atoms with Crippen LogP contribution in [0.1, 0.15) is 6.92 Å². The van der Waals surface area contributed by atoms with Crippen LogP contribution < -0.4 is 5.73 Å². The van der Waals surface area contributed by atoms with E-state index in [9.17, 15) is 0 Å². The number of hydrogen-bond donors (Lipinski definition) is 1. The van der Waals surface area contributed by atoms with Gasteiger partial charge in [-0.3, -0.25) is 0 Å². The van der Waals surface area contributed by atoms with Crippen LogP contribution in [0.15, 0.2) is 36.5 Å². The molecular weight excluding hydrogens is 176 g/mol. The molecule has 3 heteroatoms. The van der Waals surface area contributed by atoms with E-state index in [0.717, 1.165) is 11.1 Å². The summed E-state index contributed by atoms with van der Waals surface area (Å²) < 4.78 is 5.24. The fourth-order valence-corrected chi connectivity index (χ4v) is 0.789. The van der Waals surface area contributed by atoms with E-state index >= 15 is 0 Å². The maximum absolute atomic E-state index is 8.41. The van der Waals surface area contributed by atoms with Crippen LogP contribution in [-0.4, -0.2) is 19.3 Å². The molecule has 76 valence electrons. The molecule has 0 aliphatic rings. The van der Waals surface area contributed by atoms with Gasteiger partial charge < -0.3 is 10.5 Å². The lowest BCUT2D eigenvalue weighted by Gasteiger charge is -2.08. The summed E-state index contributed by atoms with van der Waals surface area (Å²) >= 11 is 0. The number of nitriles is 1. The summed E-state index contributed by atoms with van der Waals surface area (Å²) in [5.74, 6) is 0. The summed E-state index contributed by atoms with van der Waals surface area (Å²) in [6.07, 6.45) is 3.51. The maximum Gasteiger partial charge on any atom is 0.116 e. The minimum absolute atomic E-state index is 0.234. The fraction of sp³-hybridized carbons (Fsp3) is 0.364. The number of rotatable bonds is 6. The minimum Gasteiger partial charge on any atom is -0.374 e. The smallest absolute Gasteiger partial charge is 0.116 e. The van der Waals surface area contributed by atoms with Gasteiger partial charge in [-0.25, -0.2) is 0 Å². The molecule has 0 radical (unpaired) electrons. The Morgan fingerprint density at radius 2 is 2.36 bits per heavy atom. The molecule has 0 aliphatic carbocycles. The van der Waals surface area contributed by atoms with Gasteiger partial charge in [-0.2, -0.15) is 5.26 Å². The molecule has 0 fully saturated rings. The Morgan fingerprint density at radius 1 is 1.71 bits per heavy atom. The van der Waals surface area contributed by atoms with E-state index in [1.165, 1.54) is 0 Å². The van der Waals surface area contributed by atoms with Crippen molar-refractivity contribution < 1.29 is 4.74 Å². The van der Waals surface area contributed by atoms with Crippen LogP contribution in [-0.2, 0) is 4.74 Å². The predicted octanol–water partition coefficient (Wildman–Crippen LogP) is 1.54. The van der Waals surface area contributed by atoms with Gasteiger partial charge in [-0.05, 0) is 12.5 Å². The summed E-state index contributed by atoms with van der Waals surface area (Å²) in [6.45, 7) is 9.93. The Kier molecular flexibility index (Phi) is 6.38. The first kappa shape index (κ1) is 12.6. The molecule has 0 aromatic heterocycles. The highest BCUT2D eigenvalue weighted by molar-refractivity contribution is 5.29. The third-order valence-corrected chi connectivity index (χ3v) is 1.59. The molecule has 3 nitrogen and oxygen atoms in total. The second-order valence-electron chi connectivity index (χ2n) is 2.96. The van der Waals surface area contributed by atoms with Gasteiger partial charge in [-0.15, -0.1) is 0 Å². The van der Waals surface area contributed by atoms with Crippen molar-refractivity contribution in [3.63, 3.8) is 0 Å².